The second-order valence-corrected chi connectivity index (χ2v) is 4.38. The topological polar surface area (TPSA) is 13.1 Å². The van der Waals surface area contributed by atoms with E-state index in [0.717, 1.165) is 0 Å². The van der Waals surface area contributed by atoms with E-state index in [-0.39, 0.29) is 75.4 Å². The van der Waals surface area contributed by atoms with E-state index in [9.17, 15) is 0 Å². The van der Waals surface area contributed by atoms with Crippen LogP contribution in [0.5, 0.6) is 0 Å². The summed E-state index contributed by atoms with van der Waals surface area (Å²) in [6, 6.07) is -0.0137. The molecule has 0 saturated heterocycles. The molecule has 0 aliphatic carbocycles. The molecule has 0 spiro atoms. The van der Waals surface area contributed by atoms with Crippen molar-refractivity contribution < 1.29 is 16.8 Å². The predicted octanol–water partition coefficient (Wildman–Crippen LogP) is 5.56. The normalized spacial score (nSPS) is 17.6. The third-order valence-electron chi connectivity index (χ3n) is 3.16. The van der Waals surface area contributed by atoms with Gasteiger partial charge >= 0.3 is 0 Å². The first-order valence-corrected chi connectivity index (χ1v) is 6.06. The minimum Gasteiger partial charge on any atom is -0.455 e. The summed E-state index contributed by atoms with van der Waals surface area (Å²) in [6.07, 6.45) is 0. The minimum atomic E-state index is -0.434. The lowest BCUT2D eigenvalue weighted by Crippen LogP contribution is -1.78. The zero-order chi connectivity index (χ0) is 21.4. The van der Waals surface area contributed by atoms with Crippen LogP contribution >= 0.6 is 0 Å². The summed E-state index contributed by atoms with van der Waals surface area (Å²) in [4.78, 5) is 0. The molecule has 0 atom stereocenters. The number of fused-ring (bicyclic) bond motifs is 3. The van der Waals surface area contributed by atoms with E-state index in [2.05, 4.69) is 0 Å². The lowest BCUT2D eigenvalue weighted by molar-refractivity contribution is 0.670. The van der Waals surface area contributed by atoms with Gasteiger partial charge in [0.1, 0.15) is 11.2 Å². The van der Waals surface area contributed by atoms with Gasteiger partial charge in [-0.2, -0.15) is 0 Å². The third-order valence-corrected chi connectivity index (χ3v) is 3.16. The summed E-state index contributed by atoms with van der Waals surface area (Å²) in [5, 5.41) is 0.366. The fraction of sp³-hybridized carbons (Fsp3) is 0.0526. The lowest BCUT2D eigenvalue weighted by atomic mass is 10.0. The van der Waals surface area contributed by atoms with E-state index < -0.39 is 12.1 Å². The smallest absolute Gasteiger partial charge is 0.143 e. The molecule has 4 aromatic rings. The van der Waals surface area contributed by atoms with Gasteiger partial charge in [-0.3, -0.25) is 0 Å². The maximum Gasteiger partial charge on any atom is 0.143 e. The van der Waals surface area contributed by atoms with Crippen molar-refractivity contribution in [2.24, 2.45) is 0 Å². The molecule has 1 nitrogen and oxygen atoms in total. The summed E-state index contributed by atoms with van der Waals surface area (Å²) >= 11 is 0. The first-order valence-electron chi connectivity index (χ1n) is 10.6. The molecule has 0 bridgehead atoms. The number of hydrogen-bond donors (Lipinski definition) is 0. The molecule has 0 radical (unpaired) electrons. The van der Waals surface area contributed by atoms with Gasteiger partial charge in [0.2, 0.25) is 0 Å². The quantitative estimate of drug-likeness (QED) is 0.440. The zero-order valence-corrected chi connectivity index (χ0v) is 10.6. The van der Waals surface area contributed by atoms with Crippen molar-refractivity contribution in [3.8, 4) is 11.1 Å². The van der Waals surface area contributed by atoms with E-state index in [4.69, 9.17) is 16.8 Å². The van der Waals surface area contributed by atoms with Crippen LogP contribution in [0.3, 0.4) is 0 Å². The monoisotopic (exact) mass is 267 g/mol. The Hall–Kier alpha value is -2.54. The average Bonchev–Trinajstić information content (AvgIpc) is 3.05. The number of furan rings is 1. The average molecular weight is 267 g/mol. The number of rotatable bonds is 1. The van der Waals surface area contributed by atoms with Crippen LogP contribution in [-0.2, 0) is 0 Å². The summed E-state index contributed by atoms with van der Waals surface area (Å²) < 4.78 is 79.1. The Balaban J connectivity index is 2.33. The van der Waals surface area contributed by atoms with E-state index in [1.807, 2.05) is 0 Å². The van der Waals surface area contributed by atoms with E-state index >= 15 is 0 Å². The Kier molecular flexibility index (Phi) is 1.16. The Morgan fingerprint density at radius 1 is 0.900 bits per heavy atom. The van der Waals surface area contributed by atoms with Gasteiger partial charge in [0.05, 0.1) is 12.3 Å². The predicted molar refractivity (Wildman–Crippen MR) is 83.9 cm³/mol. The highest BCUT2D eigenvalue weighted by Gasteiger charge is 2.12. The Morgan fingerprint density at radius 2 is 1.70 bits per heavy atom. The van der Waals surface area contributed by atoms with Crippen LogP contribution in [-0.4, -0.2) is 0 Å². The Morgan fingerprint density at radius 3 is 2.55 bits per heavy atom. The van der Waals surface area contributed by atoms with Crippen molar-refractivity contribution in [2.45, 2.75) is 6.92 Å². The van der Waals surface area contributed by atoms with Crippen molar-refractivity contribution in [1.29, 1.82) is 0 Å². The molecule has 1 aromatic heterocycles. The van der Waals surface area contributed by atoms with Crippen molar-refractivity contribution in [1.82, 2.24) is 0 Å². The Labute approximate surface area is 130 Å². The molecule has 0 unspecified atom stereocenters. The van der Waals surface area contributed by atoms with Crippen LogP contribution in [0.2, 0.25) is 0 Å². The molecule has 3 aromatic carbocycles. The van der Waals surface area contributed by atoms with E-state index in [1.165, 1.54) is 12.1 Å². The van der Waals surface area contributed by atoms with Crippen LogP contribution in [0.15, 0.2) is 70.9 Å². The largest absolute Gasteiger partial charge is 0.455 e. The van der Waals surface area contributed by atoms with Crippen molar-refractivity contribution >= 4 is 21.9 Å². The van der Waals surface area contributed by atoms with Gasteiger partial charge in [-0.25, -0.2) is 0 Å². The summed E-state index contributed by atoms with van der Waals surface area (Å²) in [5.74, 6) is 0. The van der Waals surface area contributed by atoms with Crippen molar-refractivity contribution in [3.05, 3.63) is 72.1 Å². The van der Waals surface area contributed by atoms with Crippen molar-refractivity contribution in [3.63, 3.8) is 0 Å². The highest BCUT2D eigenvalue weighted by atomic mass is 16.3. The summed E-state index contributed by atoms with van der Waals surface area (Å²) in [6.45, 7) is 1.56. The van der Waals surface area contributed by atoms with Crippen molar-refractivity contribution in [2.75, 3.05) is 0 Å². The van der Waals surface area contributed by atoms with Gasteiger partial charge in [0.25, 0.3) is 0 Å². The Bertz CT molecular complexity index is 1330. The molecular formula is C19H14O. The zero-order valence-electron chi connectivity index (χ0n) is 19.6. The number of hydrogen-bond acceptors (Lipinski definition) is 1. The van der Waals surface area contributed by atoms with E-state index in [0.29, 0.717) is 5.56 Å². The highest BCUT2D eigenvalue weighted by molar-refractivity contribution is 6.10. The molecule has 0 aliphatic heterocycles. The number of aryl methyl sites for hydroxylation is 1. The van der Waals surface area contributed by atoms with Gasteiger partial charge in [0.15, 0.2) is 0 Å². The van der Waals surface area contributed by atoms with Crippen LogP contribution in [0.4, 0.5) is 0 Å². The van der Waals surface area contributed by atoms with E-state index in [1.54, 1.807) is 6.92 Å². The van der Waals surface area contributed by atoms with Gasteiger partial charge in [0, 0.05) is 16.3 Å². The third kappa shape index (κ3) is 1.56. The molecule has 4 rings (SSSR count). The molecule has 0 N–H and O–H groups in total. The standard InChI is InChI=1S/C19H14O/c1-13-7-5-12-17-18(13)16-11-6-10-15(19(16)20-17)14-8-3-2-4-9-14/h2-12H,1H3/i2D,5D,6D,7D,8D,9D,10D,11D,12D. The van der Waals surface area contributed by atoms with Gasteiger partial charge in [-0.15, -0.1) is 0 Å². The maximum atomic E-state index is 8.37. The molecule has 0 amide bonds. The molecule has 0 fully saturated rings. The fourth-order valence-corrected chi connectivity index (χ4v) is 2.26. The highest BCUT2D eigenvalue weighted by Crippen LogP contribution is 2.36. The molecule has 1 heteroatoms. The van der Waals surface area contributed by atoms with Crippen LogP contribution in [0, 0.1) is 6.92 Å². The fourth-order valence-electron chi connectivity index (χ4n) is 2.26. The van der Waals surface area contributed by atoms with Gasteiger partial charge < -0.3 is 4.42 Å². The molecular weight excluding hydrogens is 244 g/mol. The molecule has 0 aliphatic rings. The first-order chi connectivity index (χ1) is 13.6. The van der Waals surface area contributed by atoms with Gasteiger partial charge in [-0.05, 0) is 24.1 Å². The van der Waals surface area contributed by atoms with Crippen LogP contribution < -0.4 is 0 Å². The minimum absolute atomic E-state index is 0.00932. The SMILES string of the molecule is [2H]c1cc([2H])c(-c2c([2H])c([2H])c([2H])c3c2oc2c([2H])c([2H])c([2H])c(C)c23)c([2H])c1. The van der Waals surface area contributed by atoms with Gasteiger partial charge in [-0.1, -0.05) is 60.5 Å². The molecule has 0 saturated carbocycles. The maximum absolute atomic E-state index is 8.37. The number of para-hydroxylation sites is 1. The molecule has 20 heavy (non-hydrogen) atoms. The van der Waals surface area contributed by atoms with Crippen LogP contribution in [0.1, 0.15) is 17.9 Å². The lowest BCUT2D eigenvalue weighted by Gasteiger charge is -2.02. The molecule has 96 valence electrons. The second-order valence-electron chi connectivity index (χ2n) is 4.38. The summed E-state index contributed by atoms with van der Waals surface area (Å²) in [7, 11) is 0. The summed E-state index contributed by atoms with van der Waals surface area (Å²) in [5.41, 5.74) is 0.199. The second kappa shape index (κ2) is 4.24. The first kappa shape index (κ1) is 5.45. The molecule has 1 heterocycles. The number of benzene rings is 3. The van der Waals surface area contributed by atoms with Crippen LogP contribution in [0.25, 0.3) is 33.1 Å².